The highest BCUT2D eigenvalue weighted by Gasteiger charge is 2.34. The maximum Gasteiger partial charge on any atom is 0.303 e. The summed E-state index contributed by atoms with van der Waals surface area (Å²) in [6.45, 7) is 1.26. The predicted octanol–water partition coefficient (Wildman–Crippen LogP) is 0.772. The maximum atomic E-state index is 10.4. The van der Waals surface area contributed by atoms with Gasteiger partial charge in [0.2, 0.25) is 0 Å². The van der Waals surface area contributed by atoms with Crippen LogP contribution in [0.15, 0.2) is 0 Å². The number of hydrogen-bond donors (Lipinski definition) is 1. The van der Waals surface area contributed by atoms with Crippen molar-refractivity contribution in [2.45, 2.75) is 44.2 Å². The first-order chi connectivity index (χ1) is 7.25. The molecular weight excluding hydrogens is 200 g/mol. The minimum atomic E-state index is -0.768. The molecule has 86 valence electrons. The van der Waals surface area contributed by atoms with Gasteiger partial charge in [-0.15, -0.1) is 0 Å². The van der Waals surface area contributed by atoms with Crippen LogP contribution in [0, 0.1) is 0 Å². The van der Waals surface area contributed by atoms with Crippen molar-refractivity contribution in [2.75, 3.05) is 13.2 Å². The van der Waals surface area contributed by atoms with Crippen molar-refractivity contribution in [3.8, 4) is 0 Å². The number of ether oxygens (including phenoxy) is 3. The van der Waals surface area contributed by atoms with E-state index in [2.05, 4.69) is 0 Å². The van der Waals surface area contributed by atoms with Crippen LogP contribution in [0.5, 0.6) is 0 Å². The standard InChI is InChI=1S/C10H16O5/c11-9(12)4-2-7-1-3-8(15-7)10-13-5-6-14-10/h7-8,10H,1-6H2,(H,11,12). The molecule has 2 heterocycles. The lowest BCUT2D eigenvalue weighted by Gasteiger charge is -2.17. The van der Waals surface area contributed by atoms with E-state index in [-0.39, 0.29) is 24.9 Å². The number of aliphatic carboxylic acids is 1. The fourth-order valence-corrected chi connectivity index (χ4v) is 2.02. The highest BCUT2D eigenvalue weighted by Crippen LogP contribution is 2.28. The summed E-state index contributed by atoms with van der Waals surface area (Å²) >= 11 is 0. The summed E-state index contributed by atoms with van der Waals surface area (Å²) in [6, 6.07) is 0. The van der Waals surface area contributed by atoms with Gasteiger partial charge in [0.25, 0.3) is 0 Å². The van der Waals surface area contributed by atoms with E-state index in [9.17, 15) is 4.79 Å². The van der Waals surface area contributed by atoms with E-state index in [1.165, 1.54) is 0 Å². The minimum Gasteiger partial charge on any atom is -0.481 e. The van der Waals surface area contributed by atoms with Crippen molar-refractivity contribution >= 4 is 5.97 Å². The molecule has 5 heteroatoms. The van der Waals surface area contributed by atoms with Gasteiger partial charge in [-0.2, -0.15) is 0 Å². The van der Waals surface area contributed by atoms with E-state index in [1.54, 1.807) is 0 Å². The molecule has 1 N–H and O–H groups in total. The Kier molecular flexibility index (Phi) is 3.56. The van der Waals surface area contributed by atoms with Crippen LogP contribution in [0.4, 0.5) is 0 Å². The van der Waals surface area contributed by atoms with E-state index >= 15 is 0 Å². The molecule has 2 atom stereocenters. The molecule has 2 unspecified atom stereocenters. The second kappa shape index (κ2) is 4.92. The Morgan fingerprint density at radius 1 is 1.27 bits per heavy atom. The summed E-state index contributed by atoms with van der Waals surface area (Å²) in [5, 5.41) is 8.55. The van der Waals surface area contributed by atoms with E-state index in [1.807, 2.05) is 0 Å². The van der Waals surface area contributed by atoms with Crippen LogP contribution in [0.2, 0.25) is 0 Å². The van der Waals surface area contributed by atoms with Gasteiger partial charge < -0.3 is 19.3 Å². The molecule has 0 bridgehead atoms. The van der Waals surface area contributed by atoms with Crippen LogP contribution in [0.3, 0.4) is 0 Å². The van der Waals surface area contributed by atoms with E-state index in [0.717, 1.165) is 12.8 Å². The zero-order valence-corrected chi connectivity index (χ0v) is 8.55. The minimum absolute atomic E-state index is 0.00806. The number of rotatable bonds is 4. The van der Waals surface area contributed by atoms with Crippen molar-refractivity contribution in [2.24, 2.45) is 0 Å². The molecule has 0 saturated carbocycles. The first kappa shape index (κ1) is 10.9. The zero-order chi connectivity index (χ0) is 10.7. The monoisotopic (exact) mass is 216 g/mol. The largest absolute Gasteiger partial charge is 0.481 e. The van der Waals surface area contributed by atoms with Gasteiger partial charge >= 0.3 is 5.97 Å². The second-order valence-corrected chi connectivity index (χ2v) is 3.92. The van der Waals surface area contributed by atoms with E-state index < -0.39 is 5.97 Å². The summed E-state index contributed by atoms with van der Waals surface area (Å²) in [4.78, 5) is 10.4. The molecule has 0 aliphatic carbocycles. The Morgan fingerprint density at radius 2 is 2.00 bits per heavy atom. The van der Waals surface area contributed by atoms with Gasteiger partial charge in [0, 0.05) is 6.42 Å². The Bertz CT molecular complexity index is 224. The molecule has 2 aliphatic rings. The molecular formula is C10H16O5. The topological polar surface area (TPSA) is 65.0 Å². The average molecular weight is 216 g/mol. The fourth-order valence-electron chi connectivity index (χ4n) is 2.02. The number of carboxylic acids is 1. The quantitative estimate of drug-likeness (QED) is 0.752. The Morgan fingerprint density at radius 3 is 2.67 bits per heavy atom. The van der Waals surface area contributed by atoms with Crippen molar-refractivity contribution in [1.82, 2.24) is 0 Å². The van der Waals surface area contributed by atoms with Gasteiger partial charge in [-0.1, -0.05) is 0 Å². The van der Waals surface area contributed by atoms with Gasteiger partial charge in [0.05, 0.1) is 19.3 Å². The number of hydrogen-bond acceptors (Lipinski definition) is 4. The van der Waals surface area contributed by atoms with Gasteiger partial charge in [0.15, 0.2) is 6.29 Å². The highest BCUT2D eigenvalue weighted by atomic mass is 16.7. The molecule has 0 aromatic carbocycles. The summed E-state index contributed by atoms with van der Waals surface area (Å²) in [7, 11) is 0. The third-order valence-corrected chi connectivity index (χ3v) is 2.77. The third kappa shape index (κ3) is 2.90. The SMILES string of the molecule is O=C(O)CCC1CCC(C2OCCO2)O1. The molecule has 0 aromatic heterocycles. The Hall–Kier alpha value is -0.650. The number of carbonyl (C=O) groups is 1. The van der Waals surface area contributed by atoms with Gasteiger partial charge in [0.1, 0.15) is 6.10 Å². The first-order valence-corrected chi connectivity index (χ1v) is 5.36. The molecule has 0 spiro atoms. The molecule has 2 rings (SSSR count). The second-order valence-electron chi connectivity index (χ2n) is 3.92. The summed E-state index contributed by atoms with van der Waals surface area (Å²) in [6.07, 6.45) is 2.36. The predicted molar refractivity (Wildman–Crippen MR) is 50.5 cm³/mol. The highest BCUT2D eigenvalue weighted by molar-refractivity contribution is 5.66. The average Bonchev–Trinajstić information content (AvgIpc) is 2.85. The molecule has 2 aliphatic heterocycles. The first-order valence-electron chi connectivity index (χ1n) is 5.36. The van der Waals surface area contributed by atoms with Crippen molar-refractivity contribution < 1.29 is 24.1 Å². The zero-order valence-electron chi connectivity index (χ0n) is 8.55. The van der Waals surface area contributed by atoms with Crippen LogP contribution < -0.4 is 0 Å². The third-order valence-electron chi connectivity index (χ3n) is 2.77. The van der Waals surface area contributed by atoms with Gasteiger partial charge in [-0.25, -0.2) is 0 Å². The lowest BCUT2D eigenvalue weighted by atomic mass is 10.1. The molecule has 0 amide bonds. The molecule has 2 saturated heterocycles. The lowest BCUT2D eigenvalue weighted by Crippen LogP contribution is -2.27. The summed E-state index contributed by atoms with van der Waals surface area (Å²) in [5.74, 6) is -0.768. The molecule has 15 heavy (non-hydrogen) atoms. The molecule has 0 aromatic rings. The fraction of sp³-hybridized carbons (Fsp3) is 0.900. The van der Waals surface area contributed by atoms with Crippen molar-refractivity contribution in [3.63, 3.8) is 0 Å². The normalized spacial score (nSPS) is 32.3. The molecule has 0 radical (unpaired) electrons. The summed E-state index contributed by atoms with van der Waals surface area (Å²) < 4.78 is 16.4. The summed E-state index contributed by atoms with van der Waals surface area (Å²) in [5.41, 5.74) is 0. The van der Waals surface area contributed by atoms with Gasteiger partial charge in [-0.3, -0.25) is 4.79 Å². The van der Waals surface area contributed by atoms with Gasteiger partial charge in [-0.05, 0) is 19.3 Å². The molecule has 5 nitrogen and oxygen atoms in total. The van der Waals surface area contributed by atoms with Crippen LogP contribution in [-0.4, -0.2) is 42.8 Å². The van der Waals surface area contributed by atoms with Crippen LogP contribution in [-0.2, 0) is 19.0 Å². The van der Waals surface area contributed by atoms with E-state index in [0.29, 0.717) is 19.6 Å². The van der Waals surface area contributed by atoms with Crippen LogP contribution >= 0.6 is 0 Å². The van der Waals surface area contributed by atoms with E-state index in [4.69, 9.17) is 19.3 Å². The Labute approximate surface area is 88.3 Å². The number of carboxylic acid groups (broad SMARTS) is 1. The molecule has 2 fully saturated rings. The van der Waals surface area contributed by atoms with Crippen molar-refractivity contribution in [1.29, 1.82) is 0 Å². The van der Waals surface area contributed by atoms with Crippen LogP contribution in [0.25, 0.3) is 0 Å². The smallest absolute Gasteiger partial charge is 0.303 e. The Balaban J connectivity index is 1.71. The van der Waals surface area contributed by atoms with Crippen LogP contribution in [0.1, 0.15) is 25.7 Å². The van der Waals surface area contributed by atoms with Crippen molar-refractivity contribution in [3.05, 3.63) is 0 Å². The lowest BCUT2D eigenvalue weighted by molar-refractivity contribution is -0.143. The maximum absolute atomic E-state index is 10.4.